The van der Waals surface area contributed by atoms with Crippen LogP contribution in [0.2, 0.25) is 0 Å². The van der Waals surface area contributed by atoms with Crippen LogP contribution in [0, 0.1) is 20.8 Å². The number of hydrogen-bond donors (Lipinski definition) is 1. The standard InChI is InChI=1S/C17H20BrNO/c1-10-6-8-14(17(20-4)12(10)3)16(19)13-7-5-11(2)15(18)9-13/h5-9,16H,19H2,1-4H3. The lowest BCUT2D eigenvalue weighted by atomic mass is 9.94. The van der Waals surface area contributed by atoms with Crippen molar-refractivity contribution in [2.45, 2.75) is 26.8 Å². The minimum absolute atomic E-state index is 0.193. The molecule has 3 heteroatoms. The maximum absolute atomic E-state index is 6.43. The van der Waals surface area contributed by atoms with Crippen molar-refractivity contribution >= 4 is 15.9 Å². The van der Waals surface area contributed by atoms with Crippen molar-refractivity contribution in [1.82, 2.24) is 0 Å². The molecule has 2 aromatic carbocycles. The van der Waals surface area contributed by atoms with Gasteiger partial charge in [-0.1, -0.05) is 40.2 Å². The molecule has 2 N–H and O–H groups in total. The predicted octanol–water partition coefficient (Wildman–Crippen LogP) is 4.43. The number of benzene rings is 2. The quantitative estimate of drug-likeness (QED) is 0.901. The summed E-state index contributed by atoms with van der Waals surface area (Å²) in [6, 6.07) is 10.2. The lowest BCUT2D eigenvalue weighted by Crippen LogP contribution is -2.14. The maximum Gasteiger partial charge on any atom is 0.127 e. The molecule has 0 saturated carbocycles. The van der Waals surface area contributed by atoms with Gasteiger partial charge in [-0.2, -0.15) is 0 Å². The van der Waals surface area contributed by atoms with Crippen LogP contribution in [-0.2, 0) is 0 Å². The van der Waals surface area contributed by atoms with E-state index in [-0.39, 0.29) is 6.04 Å². The molecule has 106 valence electrons. The molecule has 0 radical (unpaired) electrons. The van der Waals surface area contributed by atoms with Gasteiger partial charge in [0.1, 0.15) is 5.75 Å². The minimum Gasteiger partial charge on any atom is -0.496 e. The summed E-state index contributed by atoms with van der Waals surface area (Å²) < 4.78 is 6.64. The highest BCUT2D eigenvalue weighted by atomic mass is 79.9. The van der Waals surface area contributed by atoms with Gasteiger partial charge in [0.15, 0.2) is 0 Å². The molecule has 0 bridgehead atoms. The van der Waals surface area contributed by atoms with Gasteiger partial charge in [0.05, 0.1) is 13.2 Å². The van der Waals surface area contributed by atoms with Gasteiger partial charge in [0.25, 0.3) is 0 Å². The fourth-order valence-electron chi connectivity index (χ4n) is 2.31. The zero-order valence-electron chi connectivity index (χ0n) is 12.3. The van der Waals surface area contributed by atoms with Crippen molar-refractivity contribution in [1.29, 1.82) is 0 Å². The Balaban J connectivity index is 2.50. The van der Waals surface area contributed by atoms with Crippen LogP contribution in [0.4, 0.5) is 0 Å². The molecule has 0 fully saturated rings. The average Bonchev–Trinajstić information content (AvgIpc) is 2.44. The van der Waals surface area contributed by atoms with Gasteiger partial charge >= 0.3 is 0 Å². The fraction of sp³-hybridized carbons (Fsp3) is 0.294. The number of rotatable bonds is 3. The van der Waals surface area contributed by atoms with Gasteiger partial charge < -0.3 is 10.5 Å². The number of halogens is 1. The van der Waals surface area contributed by atoms with E-state index in [2.05, 4.69) is 67.0 Å². The highest BCUT2D eigenvalue weighted by Gasteiger charge is 2.17. The normalized spacial score (nSPS) is 12.3. The molecule has 1 atom stereocenters. The van der Waals surface area contributed by atoms with Crippen molar-refractivity contribution in [2.24, 2.45) is 5.73 Å². The van der Waals surface area contributed by atoms with Crippen LogP contribution in [-0.4, -0.2) is 7.11 Å². The number of methoxy groups -OCH3 is 1. The first-order valence-electron chi connectivity index (χ1n) is 6.61. The second kappa shape index (κ2) is 5.98. The molecule has 0 aliphatic rings. The van der Waals surface area contributed by atoms with Crippen LogP contribution in [0.1, 0.15) is 33.9 Å². The lowest BCUT2D eigenvalue weighted by molar-refractivity contribution is 0.404. The summed E-state index contributed by atoms with van der Waals surface area (Å²) >= 11 is 3.56. The van der Waals surface area contributed by atoms with Gasteiger partial charge in [-0.3, -0.25) is 0 Å². The maximum atomic E-state index is 6.43. The van der Waals surface area contributed by atoms with Crippen LogP contribution in [0.25, 0.3) is 0 Å². The second-order valence-corrected chi connectivity index (χ2v) is 5.97. The first-order chi connectivity index (χ1) is 9.45. The Morgan fingerprint density at radius 3 is 2.30 bits per heavy atom. The Morgan fingerprint density at radius 1 is 1.05 bits per heavy atom. The average molecular weight is 334 g/mol. The van der Waals surface area contributed by atoms with E-state index in [1.54, 1.807) is 7.11 Å². The fourth-order valence-corrected chi connectivity index (χ4v) is 2.71. The molecule has 0 saturated heterocycles. The molecule has 2 nitrogen and oxygen atoms in total. The number of nitrogens with two attached hydrogens (primary N) is 1. The Bertz CT molecular complexity index is 637. The van der Waals surface area contributed by atoms with E-state index in [1.165, 1.54) is 11.1 Å². The summed E-state index contributed by atoms with van der Waals surface area (Å²) in [7, 11) is 1.70. The number of aryl methyl sites for hydroxylation is 2. The molecule has 0 aliphatic heterocycles. The molecule has 20 heavy (non-hydrogen) atoms. The van der Waals surface area contributed by atoms with E-state index in [1.807, 2.05) is 0 Å². The van der Waals surface area contributed by atoms with Crippen molar-refractivity contribution in [3.05, 3.63) is 62.6 Å². The monoisotopic (exact) mass is 333 g/mol. The largest absolute Gasteiger partial charge is 0.496 e. The molecule has 0 amide bonds. The van der Waals surface area contributed by atoms with Gasteiger partial charge in [0.2, 0.25) is 0 Å². The Hall–Kier alpha value is -1.32. The highest BCUT2D eigenvalue weighted by Crippen LogP contribution is 2.33. The molecule has 0 aliphatic carbocycles. The van der Waals surface area contributed by atoms with Gasteiger partial charge in [-0.15, -0.1) is 0 Å². The first kappa shape index (κ1) is 15.1. The van der Waals surface area contributed by atoms with Crippen LogP contribution in [0.15, 0.2) is 34.8 Å². The minimum atomic E-state index is -0.193. The summed E-state index contributed by atoms with van der Waals surface area (Å²) in [5.41, 5.74) is 12.1. The van der Waals surface area contributed by atoms with Crippen LogP contribution >= 0.6 is 15.9 Å². The van der Waals surface area contributed by atoms with Crippen molar-refractivity contribution in [3.63, 3.8) is 0 Å². The van der Waals surface area contributed by atoms with Gasteiger partial charge in [-0.25, -0.2) is 0 Å². The summed E-state index contributed by atoms with van der Waals surface area (Å²) in [5, 5.41) is 0. The lowest BCUT2D eigenvalue weighted by Gasteiger charge is -2.19. The van der Waals surface area contributed by atoms with Crippen LogP contribution in [0.5, 0.6) is 5.75 Å². The number of hydrogen-bond acceptors (Lipinski definition) is 2. The third kappa shape index (κ3) is 2.74. The molecule has 2 rings (SSSR count). The molecule has 1 unspecified atom stereocenters. The Kier molecular flexibility index (Phi) is 4.51. The zero-order valence-corrected chi connectivity index (χ0v) is 13.9. The SMILES string of the molecule is COc1c(C(N)c2ccc(C)c(Br)c2)ccc(C)c1C. The van der Waals surface area contributed by atoms with Crippen LogP contribution in [0.3, 0.4) is 0 Å². The summed E-state index contributed by atoms with van der Waals surface area (Å²) in [5.74, 6) is 0.884. The van der Waals surface area contributed by atoms with E-state index < -0.39 is 0 Å². The van der Waals surface area contributed by atoms with Gasteiger partial charge in [-0.05, 0) is 49.1 Å². The van der Waals surface area contributed by atoms with E-state index in [9.17, 15) is 0 Å². The van der Waals surface area contributed by atoms with Crippen molar-refractivity contribution in [2.75, 3.05) is 7.11 Å². The van der Waals surface area contributed by atoms with E-state index in [4.69, 9.17) is 10.5 Å². The topological polar surface area (TPSA) is 35.2 Å². The third-order valence-corrected chi connectivity index (χ3v) is 4.66. The van der Waals surface area contributed by atoms with E-state index >= 15 is 0 Å². The van der Waals surface area contributed by atoms with E-state index in [0.717, 1.165) is 26.9 Å². The third-order valence-electron chi connectivity index (χ3n) is 3.80. The first-order valence-corrected chi connectivity index (χ1v) is 7.40. The van der Waals surface area contributed by atoms with Gasteiger partial charge in [0, 0.05) is 10.0 Å². The summed E-state index contributed by atoms with van der Waals surface area (Å²) in [6.07, 6.45) is 0. The van der Waals surface area contributed by atoms with Crippen molar-refractivity contribution < 1.29 is 4.74 Å². The molecule has 0 spiro atoms. The molecular formula is C17H20BrNO. The smallest absolute Gasteiger partial charge is 0.127 e. The Labute approximate surface area is 129 Å². The highest BCUT2D eigenvalue weighted by molar-refractivity contribution is 9.10. The second-order valence-electron chi connectivity index (χ2n) is 5.12. The molecule has 0 aromatic heterocycles. The molecule has 2 aromatic rings. The predicted molar refractivity (Wildman–Crippen MR) is 87.4 cm³/mol. The van der Waals surface area contributed by atoms with E-state index in [0.29, 0.717) is 0 Å². The van der Waals surface area contributed by atoms with Crippen LogP contribution < -0.4 is 10.5 Å². The summed E-state index contributed by atoms with van der Waals surface area (Å²) in [4.78, 5) is 0. The summed E-state index contributed by atoms with van der Waals surface area (Å²) in [6.45, 7) is 6.21. The zero-order chi connectivity index (χ0) is 14.9. The molecule has 0 heterocycles. The molecular weight excluding hydrogens is 314 g/mol. The Morgan fingerprint density at radius 2 is 1.70 bits per heavy atom. The number of ether oxygens (including phenoxy) is 1. The van der Waals surface area contributed by atoms with Crippen molar-refractivity contribution in [3.8, 4) is 5.75 Å².